The number of rotatable bonds is 12. The molecule has 2 amide bonds. The average molecular weight is 554 g/mol. The van der Waals surface area contributed by atoms with Crippen LogP contribution in [-0.4, -0.2) is 58.0 Å². The lowest BCUT2D eigenvalue weighted by Crippen LogP contribution is -2.52. The molecule has 0 bridgehead atoms. The fourth-order valence-corrected chi connectivity index (χ4v) is 5.47. The van der Waals surface area contributed by atoms with Gasteiger partial charge in [-0.3, -0.25) is 13.9 Å². The standard InChI is InChI=1S/C29H35N3O6S/c1-21(2)30-29(34)22(3)31(19-23-12-11-13-24(18-23)37-4)28(33)20-32(26-16-9-10-17-27(26)38-5)39(35,36)25-14-7-6-8-15-25/h6-18,21-22H,19-20H2,1-5H3,(H,30,34)/t22-/m1/s1. The zero-order valence-corrected chi connectivity index (χ0v) is 23.6. The molecule has 0 saturated carbocycles. The number of sulfonamides is 1. The molecule has 1 atom stereocenters. The van der Waals surface area contributed by atoms with Crippen molar-refractivity contribution in [1.29, 1.82) is 0 Å². The molecular weight excluding hydrogens is 518 g/mol. The quantitative estimate of drug-likeness (QED) is 0.365. The van der Waals surface area contributed by atoms with Crippen molar-refractivity contribution < 1.29 is 27.5 Å². The van der Waals surface area contributed by atoms with E-state index in [2.05, 4.69) is 5.32 Å². The van der Waals surface area contributed by atoms with Gasteiger partial charge in [0.2, 0.25) is 11.8 Å². The summed E-state index contributed by atoms with van der Waals surface area (Å²) in [4.78, 5) is 28.4. The van der Waals surface area contributed by atoms with Gasteiger partial charge in [-0.15, -0.1) is 0 Å². The molecule has 10 heteroatoms. The second kappa shape index (κ2) is 13.1. The first-order chi connectivity index (χ1) is 18.6. The Balaban J connectivity index is 2.06. The number of carbonyl (C=O) groups is 2. The van der Waals surface area contributed by atoms with Gasteiger partial charge >= 0.3 is 0 Å². The van der Waals surface area contributed by atoms with Crippen LogP contribution in [0.5, 0.6) is 11.5 Å². The molecule has 3 aromatic rings. The molecule has 3 aromatic carbocycles. The third-order valence-electron chi connectivity index (χ3n) is 6.05. The predicted octanol–water partition coefficient (Wildman–Crippen LogP) is 3.84. The molecule has 0 aromatic heterocycles. The maximum Gasteiger partial charge on any atom is 0.264 e. The smallest absolute Gasteiger partial charge is 0.264 e. The van der Waals surface area contributed by atoms with Gasteiger partial charge in [0.15, 0.2) is 0 Å². The molecule has 0 aliphatic heterocycles. The van der Waals surface area contributed by atoms with Crippen LogP contribution >= 0.6 is 0 Å². The molecular formula is C29H35N3O6S. The topological polar surface area (TPSA) is 105 Å². The molecule has 1 N–H and O–H groups in total. The Hall–Kier alpha value is -4.05. The highest BCUT2D eigenvalue weighted by molar-refractivity contribution is 7.92. The zero-order chi connectivity index (χ0) is 28.6. The number of methoxy groups -OCH3 is 2. The van der Waals surface area contributed by atoms with Gasteiger partial charge in [0.25, 0.3) is 10.0 Å². The summed E-state index contributed by atoms with van der Waals surface area (Å²) < 4.78 is 39.5. The van der Waals surface area contributed by atoms with Crippen molar-refractivity contribution in [3.63, 3.8) is 0 Å². The summed E-state index contributed by atoms with van der Waals surface area (Å²) >= 11 is 0. The van der Waals surface area contributed by atoms with E-state index in [1.165, 1.54) is 24.1 Å². The maximum atomic E-state index is 14.0. The Labute approximate surface area is 230 Å². The van der Waals surface area contributed by atoms with Gasteiger partial charge in [0.05, 0.1) is 24.8 Å². The number of para-hydroxylation sites is 2. The Morgan fingerprint density at radius 1 is 0.872 bits per heavy atom. The molecule has 39 heavy (non-hydrogen) atoms. The number of amides is 2. The number of nitrogens with one attached hydrogen (secondary N) is 1. The van der Waals surface area contributed by atoms with Crippen LogP contribution in [-0.2, 0) is 26.2 Å². The van der Waals surface area contributed by atoms with E-state index in [0.29, 0.717) is 5.75 Å². The van der Waals surface area contributed by atoms with Gasteiger partial charge in [-0.05, 0) is 62.7 Å². The number of hydrogen-bond acceptors (Lipinski definition) is 6. The number of hydrogen-bond donors (Lipinski definition) is 1. The van der Waals surface area contributed by atoms with E-state index in [0.717, 1.165) is 9.87 Å². The highest BCUT2D eigenvalue weighted by Crippen LogP contribution is 2.32. The summed E-state index contributed by atoms with van der Waals surface area (Å²) in [6, 6.07) is 20.6. The van der Waals surface area contributed by atoms with Crippen molar-refractivity contribution >= 4 is 27.5 Å². The molecule has 0 heterocycles. The molecule has 0 radical (unpaired) electrons. The van der Waals surface area contributed by atoms with E-state index < -0.39 is 28.5 Å². The minimum Gasteiger partial charge on any atom is -0.497 e. The molecule has 208 valence electrons. The van der Waals surface area contributed by atoms with Crippen LogP contribution in [0.3, 0.4) is 0 Å². The van der Waals surface area contributed by atoms with Crippen molar-refractivity contribution in [2.75, 3.05) is 25.1 Å². The lowest BCUT2D eigenvalue weighted by Gasteiger charge is -2.32. The van der Waals surface area contributed by atoms with Crippen LogP contribution in [0.1, 0.15) is 26.3 Å². The third-order valence-corrected chi connectivity index (χ3v) is 7.82. The number of ether oxygens (including phenoxy) is 2. The molecule has 0 fully saturated rings. The van der Waals surface area contributed by atoms with E-state index >= 15 is 0 Å². The first-order valence-electron chi connectivity index (χ1n) is 12.5. The molecule has 3 rings (SSSR count). The summed E-state index contributed by atoms with van der Waals surface area (Å²) in [5.74, 6) is -0.0260. The second-order valence-corrected chi connectivity index (χ2v) is 11.1. The minimum atomic E-state index is -4.18. The van der Waals surface area contributed by atoms with E-state index in [9.17, 15) is 18.0 Å². The van der Waals surface area contributed by atoms with Gasteiger partial charge in [-0.1, -0.05) is 42.5 Å². The van der Waals surface area contributed by atoms with Crippen LogP contribution in [0, 0.1) is 0 Å². The first-order valence-corrected chi connectivity index (χ1v) is 14.0. The highest BCUT2D eigenvalue weighted by Gasteiger charge is 2.33. The summed E-state index contributed by atoms with van der Waals surface area (Å²) in [6.45, 7) is 4.78. The predicted molar refractivity (Wildman–Crippen MR) is 150 cm³/mol. The molecule has 9 nitrogen and oxygen atoms in total. The Bertz CT molecular complexity index is 1380. The Morgan fingerprint density at radius 2 is 1.54 bits per heavy atom. The fraction of sp³-hybridized carbons (Fsp3) is 0.310. The molecule has 0 spiro atoms. The molecule has 0 aliphatic carbocycles. The summed E-state index contributed by atoms with van der Waals surface area (Å²) in [5.41, 5.74) is 0.930. The number of benzene rings is 3. The van der Waals surface area contributed by atoms with Crippen molar-refractivity contribution in [2.24, 2.45) is 0 Å². The van der Waals surface area contributed by atoms with Crippen molar-refractivity contribution in [3.8, 4) is 11.5 Å². The summed E-state index contributed by atoms with van der Waals surface area (Å²) in [6.07, 6.45) is 0. The normalized spacial score (nSPS) is 11.9. The van der Waals surface area contributed by atoms with E-state index in [1.807, 2.05) is 19.9 Å². The molecule has 0 aliphatic rings. The van der Waals surface area contributed by atoms with Gasteiger partial charge in [-0.25, -0.2) is 8.42 Å². The minimum absolute atomic E-state index is 0.0219. The van der Waals surface area contributed by atoms with Crippen molar-refractivity contribution in [1.82, 2.24) is 10.2 Å². The first kappa shape index (κ1) is 29.5. The van der Waals surface area contributed by atoms with Gasteiger partial charge < -0.3 is 19.7 Å². The SMILES string of the molecule is COc1cccc(CN(C(=O)CN(c2ccccc2OC)S(=O)(=O)c2ccccc2)[C@H](C)C(=O)NC(C)C)c1. The Kier molecular flexibility index (Phi) is 9.95. The highest BCUT2D eigenvalue weighted by atomic mass is 32.2. The largest absolute Gasteiger partial charge is 0.497 e. The van der Waals surface area contributed by atoms with Gasteiger partial charge in [0, 0.05) is 12.6 Å². The maximum absolute atomic E-state index is 14.0. The summed E-state index contributed by atoms with van der Waals surface area (Å²) in [7, 11) is -1.20. The second-order valence-electron chi connectivity index (χ2n) is 9.21. The lowest BCUT2D eigenvalue weighted by atomic mass is 10.1. The third kappa shape index (κ3) is 7.29. The van der Waals surface area contributed by atoms with Crippen molar-refractivity contribution in [3.05, 3.63) is 84.4 Å². The number of anilines is 1. The number of carbonyl (C=O) groups excluding carboxylic acids is 2. The average Bonchev–Trinajstić information content (AvgIpc) is 2.94. The van der Waals surface area contributed by atoms with Crippen LogP contribution in [0.2, 0.25) is 0 Å². The van der Waals surface area contributed by atoms with Crippen LogP contribution in [0.15, 0.2) is 83.8 Å². The number of nitrogens with zero attached hydrogens (tertiary/aromatic N) is 2. The Morgan fingerprint density at radius 3 is 2.18 bits per heavy atom. The monoisotopic (exact) mass is 553 g/mol. The van der Waals surface area contributed by atoms with E-state index in [4.69, 9.17) is 9.47 Å². The van der Waals surface area contributed by atoms with Crippen molar-refractivity contribution in [2.45, 2.75) is 44.3 Å². The molecule has 0 saturated heterocycles. The van der Waals surface area contributed by atoms with Gasteiger partial charge in [0.1, 0.15) is 24.1 Å². The lowest BCUT2D eigenvalue weighted by molar-refractivity contribution is -0.139. The summed E-state index contributed by atoms with van der Waals surface area (Å²) in [5, 5.41) is 2.84. The molecule has 0 unspecified atom stereocenters. The van der Waals surface area contributed by atoms with E-state index in [1.54, 1.807) is 74.7 Å². The van der Waals surface area contributed by atoms with Crippen LogP contribution < -0.4 is 19.1 Å². The van der Waals surface area contributed by atoms with E-state index in [-0.39, 0.29) is 34.8 Å². The van der Waals surface area contributed by atoms with Crippen LogP contribution in [0.4, 0.5) is 5.69 Å². The van der Waals surface area contributed by atoms with Gasteiger partial charge in [-0.2, -0.15) is 0 Å². The zero-order valence-electron chi connectivity index (χ0n) is 22.8. The van der Waals surface area contributed by atoms with Crippen LogP contribution in [0.25, 0.3) is 0 Å². The fourth-order valence-electron chi connectivity index (χ4n) is 4.02.